The van der Waals surface area contributed by atoms with Gasteiger partial charge in [0.15, 0.2) is 0 Å². The monoisotopic (exact) mass is 1000 g/mol. The van der Waals surface area contributed by atoms with Crippen molar-refractivity contribution in [2.45, 2.75) is 219 Å². The minimum absolute atomic E-state index is 0.00668. The van der Waals surface area contributed by atoms with Crippen molar-refractivity contribution in [2.24, 2.45) is 10.8 Å². The van der Waals surface area contributed by atoms with Crippen LogP contribution in [0.4, 0.5) is 45.5 Å². The fourth-order valence-electron chi connectivity index (χ4n) is 17.6. The summed E-state index contributed by atoms with van der Waals surface area (Å²) in [7, 11) is 0. The normalized spacial score (nSPS) is 25.9. The Balaban J connectivity index is 1.13. The van der Waals surface area contributed by atoms with Gasteiger partial charge in [0, 0.05) is 50.9 Å². The highest BCUT2D eigenvalue weighted by molar-refractivity contribution is 7.00. The molecule has 76 heavy (non-hydrogen) atoms. The fourth-order valence-corrected chi connectivity index (χ4v) is 17.6. The number of rotatable bonds is 3. The molecule has 1 fully saturated rings. The molecule has 6 aromatic rings. The van der Waals surface area contributed by atoms with Crippen LogP contribution in [0.15, 0.2) is 97.1 Å². The van der Waals surface area contributed by atoms with E-state index in [0.29, 0.717) is 0 Å². The number of anilines is 8. The molecule has 0 amide bonds. The second kappa shape index (κ2) is 15.8. The molecule has 0 N–H and O–H groups in total. The zero-order valence-corrected chi connectivity index (χ0v) is 49.1. The average molecular weight is 1000 g/mol. The second-order valence-corrected chi connectivity index (χ2v) is 30.8. The molecule has 3 heterocycles. The fraction of sp³-hybridized carbons (Fsp3) is 0.500. The van der Waals surface area contributed by atoms with Gasteiger partial charge in [-0.2, -0.15) is 0 Å². The summed E-state index contributed by atoms with van der Waals surface area (Å²) in [5.74, 6) is 0. The number of nitrogens with zero attached hydrogens (tertiary/aromatic N) is 3. The molecule has 6 aromatic carbocycles. The second-order valence-electron chi connectivity index (χ2n) is 30.8. The third kappa shape index (κ3) is 6.92. The number of hydrogen-bond donors (Lipinski definition) is 0. The molecule has 3 aliphatic heterocycles. The maximum absolute atomic E-state index is 2.90. The number of para-hydroxylation sites is 1. The predicted octanol–water partition coefficient (Wildman–Crippen LogP) is 17.2. The molecule has 0 bridgehead atoms. The molecule has 1 saturated carbocycles. The van der Waals surface area contributed by atoms with Crippen molar-refractivity contribution in [2.75, 3.05) is 14.7 Å². The zero-order chi connectivity index (χ0) is 53.1. The van der Waals surface area contributed by atoms with Gasteiger partial charge in [0.2, 0.25) is 0 Å². The van der Waals surface area contributed by atoms with E-state index >= 15 is 0 Å². The van der Waals surface area contributed by atoms with Crippen molar-refractivity contribution in [3.05, 3.63) is 147 Å². The Morgan fingerprint density at radius 2 is 0.855 bits per heavy atom. The summed E-state index contributed by atoms with van der Waals surface area (Å²) < 4.78 is 0. The van der Waals surface area contributed by atoms with Crippen molar-refractivity contribution < 1.29 is 0 Å². The molecule has 0 saturated heterocycles. The SMILES string of the molecule is CC1(C)Cc2ccc(N3c4cc5c(cc4B4c6cc7c(cc6N(c6ccc8c(c6)C(C)(C)CCC8(C)C)c6cc(N8c9ccccc9C9(C)CCCCCCC89C)cc3c64)C(C)(C)CCC7(C)C)CC(C)(C)C5)cc2C1. The molecular weight excluding hydrogens is 918 g/mol. The Kier molecular flexibility index (Phi) is 10.2. The van der Waals surface area contributed by atoms with Crippen LogP contribution in [0.3, 0.4) is 0 Å². The van der Waals surface area contributed by atoms with Crippen molar-refractivity contribution in [3.8, 4) is 0 Å². The van der Waals surface area contributed by atoms with Crippen LogP contribution in [0.25, 0.3) is 0 Å². The Hall–Kier alpha value is -5.22. The Labute approximate surface area is 458 Å². The van der Waals surface area contributed by atoms with Crippen LogP contribution in [0, 0.1) is 10.8 Å². The lowest BCUT2D eigenvalue weighted by molar-refractivity contribution is 0.218. The molecular formula is C72H86BN3. The maximum Gasteiger partial charge on any atom is 0.252 e. The van der Waals surface area contributed by atoms with Crippen molar-refractivity contribution in [1.29, 1.82) is 0 Å². The maximum atomic E-state index is 2.90. The highest BCUT2D eigenvalue weighted by atomic mass is 15.3. The van der Waals surface area contributed by atoms with E-state index in [0.717, 1.165) is 25.7 Å². The van der Waals surface area contributed by atoms with E-state index in [-0.39, 0.29) is 50.2 Å². The van der Waals surface area contributed by atoms with Gasteiger partial charge in [0.05, 0.1) is 5.54 Å². The van der Waals surface area contributed by atoms with Gasteiger partial charge in [0.1, 0.15) is 0 Å². The Bertz CT molecular complexity index is 3470. The van der Waals surface area contributed by atoms with Crippen LogP contribution >= 0.6 is 0 Å². The highest BCUT2D eigenvalue weighted by Crippen LogP contribution is 2.61. The van der Waals surface area contributed by atoms with E-state index in [9.17, 15) is 0 Å². The summed E-state index contributed by atoms with van der Waals surface area (Å²) in [5, 5.41) is 0. The summed E-state index contributed by atoms with van der Waals surface area (Å²) in [6.45, 7) is 35.4. The first kappa shape index (κ1) is 49.1. The zero-order valence-electron chi connectivity index (χ0n) is 49.1. The van der Waals surface area contributed by atoms with Crippen molar-refractivity contribution in [1.82, 2.24) is 0 Å². The summed E-state index contributed by atoms with van der Waals surface area (Å²) in [4.78, 5) is 8.50. The van der Waals surface area contributed by atoms with Crippen LogP contribution in [0.5, 0.6) is 0 Å². The molecule has 4 heteroatoms. The Morgan fingerprint density at radius 1 is 0.355 bits per heavy atom. The quantitative estimate of drug-likeness (QED) is 0.163. The van der Waals surface area contributed by atoms with Crippen LogP contribution in [-0.4, -0.2) is 12.3 Å². The molecule has 8 aliphatic rings. The van der Waals surface area contributed by atoms with E-state index in [1.54, 1.807) is 11.1 Å². The molecule has 0 spiro atoms. The van der Waals surface area contributed by atoms with Crippen LogP contribution in [0.2, 0.25) is 0 Å². The topological polar surface area (TPSA) is 9.72 Å². The third-order valence-corrected chi connectivity index (χ3v) is 22.3. The molecule has 0 aromatic heterocycles. The molecule has 392 valence electrons. The van der Waals surface area contributed by atoms with Gasteiger partial charge >= 0.3 is 0 Å². The summed E-state index contributed by atoms with van der Waals surface area (Å²) in [6.07, 6.45) is 16.8. The molecule has 2 atom stereocenters. The van der Waals surface area contributed by atoms with Gasteiger partial charge < -0.3 is 14.7 Å². The lowest BCUT2D eigenvalue weighted by atomic mass is 9.33. The van der Waals surface area contributed by atoms with Gasteiger partial charge in [-0.1, -0.05) is 158 Å². The van der Waals surface area contributed by atoms with Crippen LogP contribution in [-0.2, 0) is 52.8 Å². The largest absolute Gasteiger partial charge is 0.334 e. The predicted molar refractivity (Wildman–Crippen MR) is 325 cm³/mol. The molecule has 0 radical (unpaired) electrons. The van der Waals surface area contributed by atoms with E-state index in [1.165, 1.54) is 165 Å². The van der Waals surface area contributed by atoms with Crippen molar-refractivity contribution >= 4 is 68.6 Å². The average Bonchev–Trinajstić information content (AvgIpc) is 4.05. The van der Waals surface area contributed by atoms with E-state index in [2.05, 4.69) is 209 Å². The lowest BCUT2D eigenvalue weighted by Gasteiger charge is -2.50. The number of hydrogen-bond acceptors (Lipinski definition) is 3. The smallest absolute Gasteiger partial charge is 0.252 e. The number of benzene rings is 6. The standard InChI is InChI=1S/C72H86BN3/c1-65(2)41-45-23-24-49(33-46(45)42-65)74-60-35-48-44-66(3,4)43-47(48)34-57(60)73-58-39-55-56(70(11,12)32-31-69(55,9)10)40-61(58)75(50-25-26-52-54(36-50)68(7,8)30-29-67(52,5)6)63-38-51(37-62(74)64(63)73)76-59-22-18-17-21-53(59)71(13)27-19-15-16-20-28-72(71,76)14/h17-18,21-26,33-40H,15-16,19-20,27-32,41-44H2,1-14H3. The number of fused-ring (bicyclic) bond motifs is 11. The van der Waals surface area contributed by atoms with Gasteiger partial charge in [-0.25, -0.2) is 0 Å². The summed E-state index contributed by atoms with van der Waals surface area (Å²) in [6, 6.07) is 41.3. The van der Waals surface area contributed by atoms with E-state index < -0.39 is 0 Å². The first-order valence-electron chi connectivity index (χ1n) is 30.1. The lowest BCUT2D eigenvalue weighted by Crippen LogP contribution is -2.62. The molecule has 2 unspecified atom stereocenters. The van der Waals surface area contributed by atoms with Gasteiger partial charge in [0.25, 0.3) is 6.71 Å². The van der Waals surface area contributed by atoms with Gasteiger partial charge in [-0.15, -0.1) is 0 Å². The van der Waals surface area contributed by atoms with Crippen molar-refractivity contribution in [3.63, 3.8) is 0 Å². The first-order chi connectivity index (χ1) is 35.8. The minimum atomic E-state index is -0.117. The molecule has 14 rings (SSSR count). The van der Waals surface area contributed by atoms with Gasteiger partial charge in [-0.05, 0) is 225 Å². The highest BCUT2D eigenvalue weighted by Gasteiger charge is 2.57. The first-order valence-corrected chi connectivity index (χ1v) is 30.1. The molecule has 5 aliphatic carbocycles. The summed E-state index contributed by atoms with van der Waals surface area (Å²) >= 11 is 0. The summed E-state index contributed by atoms with van der Waals surface area (Å²) in [5.41, 5.74) is 29.7. The van der Waals surface area contributed by atoms with E-state index in [1.807, 2.05) is 0 Å². The Morgan fingerprint density at radius 3 is 1.51 bits per heavy atom. The van der Waals surface area contributed by atoms with Crippen LogP contribution < -0.4 is 31.1 Å². The minimum Gasteiger partial charge on any atom is -0.334 e. The van der Waals surface area contributed by atoms with Gasteiger partial charge in [-0.3, -0.25) is 0 Å². The molecule has 3 nitrogen and oxygen atoms in total. The van der Waals surface area contributed by atoms with Crippen LogP contribution in [0.1, 0.15) is 211 Å². The van der Waals surface area contributed by atoms with E-state index in [4.69, 9.17) is 0 Å². The third-order valence-electron chi connectivity index (χ3n) is 22.3.